The molecule has 1 N–H and O–H groups in total. The van der Waals surface area contributed by atoms with E-state index in [1.54, 1.807) is 18.2 Å². The molecular formula is C15H15ClN2O2. The molecule has 2 aromatic rings. The highest BCUT2D eigenvalue weighted by molar-refractivity contribution is 6.35. The molecular weight excluding hydrogens is 276 g/mol. The molecule has 2 aliphatic rings. The minimum atomic E-state index is -0.0251. The van der Waals surface area contributed by atoms with Crippen LogP contribution in [0.2, 0.25) is 5.02 Å². The molecule has 0 spiro atoms. The summed E-state index contributed by atoms with van der Waals surface area (Å²) < 4.78 is 5.29. The number of piperidine rings is 1. The summed E-state index contributed by atoms with van der Waals surface area (Å²) in [6.07, 6.45) is 2.69. The number of hydrogen-bond acceptors (Lipinski definition) is 3. The topological polar surface area (TPSA) is 45.5 Å². The normalized spacial score (nSPS) is 28.1. The van der Waals surface area contributed by atoms with Gasteiger partial charge in [0.2, 0.25) is 0 Å². The highest BCUT2D eigenvalue weighted by Gasteiger charge is 2.38. The molecule has 20 heavy (non-hydrogen) atoms. The molecule has 104 valence electrons. The van der Waals surface area contributed by atoms with E-state index >= 15 is 0 Å². The fourth-order valence-electron chi connectivity index (χ4n) is 3.34. The minimum absolute atomic E-state index is 0.0251. The first-order chi connectivity index (χ1) is 9.70. The first-order valence-electron chi connectivity index (χ1n) is 6.91. The summed E-state index contributed by atoms with van der Waals surface area (Å²) in [6, 6.07) is 5.65. The van der Waals surface area contributed by atoms with Crippen molar-refractivity contribution in [3.05, 3.63) is 35.0 Å². The lowest BCUT2D eigenvalue weighted by molar-refractivity contribution is 0.0924. The highest BCUT2D eigenvalue weighted by Crippen LogP contribution is 2.29. The highest BCUT2D eigenvalue weighted by atomic mass is 35.5. The van der Waals surface area contributed by atoms with Crippen molar-refractivity contribution in [2.75, 3.05) is 19.6 Å². The van der Waals surface area contributed by atoms with Crippen LogP contribution in [-0.2, 0) is 0 Å². The van der Waals surface area contributed by atoms with E-state index in [1.807, 2.05) is 0 Å². The summed E-state index contributed by atoms with van der Waals surface area (Å²) in [5, 5.41) is 4.48. The molecule has 0 aliphatic carbocycles. The monoisotopic (exact) mass is 290 g/mol. The number of carbonyl (C=O) groups is 1. The summed E-state index contributed by atoms with van der Waals surface area (Å²) in [5.41, 5.74) is 1.34. The average molecular weight is 291 g/mol. The maximum Gasteiger partial charge on any atom is 0.251 e. The van der Waals surface area contributed by atoms with Gasteiger partial charge in [0, 0.05) is 30.1 Å². The Labute approximate surface area is 121 Å². The van der Waals surface area contributed by atoms with Crippen LogP contribution in [0, 0.1) is 5.92 Å². The van der Waals surface area contributed by atoms with Gasteiger partial charge in [-0.05, 0) is 37.1 Å². The Morgan fingerprint density at radius 2 is 2.30 bits per heavy atom. The molecule has 4 rings (SSSR count). The lowest BCUT2D eigenvalue weighted by Gasteiger charge is -2.23. The first kappa shape index (κ1) is 12.2. The number of furan rings is 1. The van der Waals surface area contributed by atoms with Crippen LogP contribution in [-0.4, -0.2) is 36.5 Å². The molecule has 3 heterocycles. The van der Waals surface area contributed by atoms with E-state index in [1.165, 1.54) is 19.2 Å². The van der Waals surface area contributed by atoms with Crippen molar-refractivity contribution in [3.8, 4) is 0 Å². The molecule has 3 atom stereocenters. The van der Waals surface area contributed by atoms with Gasteiger partial charge in [-0.25, -0.2) is 0 Å². The van der Waals surface area contributed by atoms with E-state index in [-0.39, 0.29) is 11.9 Å². The van der Waals surface area contributed by atoms with Gasteiger partial charge in [0.05, 0.1) is 5.02 Å². The van der Waals surface area contributed by atoms with Crippen LogP contribution in [0.25, 0.3) is 11.0 Å². The standard InChI is InChI=1S/C15H15ClN2O2/c16-12-8-20-14-2-1-9(5-11(12)14)15(19)17-13-7-18-4-3-10(13)6-18/h1-2,5,8,10,13H,3-4,6-7H2,(H,17,19). The van der Waals surface area contributed by atoms with Crippen LogP contribution in [0.15, 0.2) is 28.9 Å². The summed E-state index contributed by atoms with van der Waals surface area (Å²) in [7, 11) is 0. The van der Waals surface area contributed by atoms with Crippen LogP contribution < -0.4 is 5.32 Å². The number of carbonyl (C=O) groups excluding carboxylic acids is 1. The molecule has 2 saturated heterocycles. The van der Waals surface area contributed by atoms with Crippen LogP contribution in [0.3, 0.4) is 0 Å². The van der Waals surface area contributed by atoms with Crippen molar-refractivity contribution in [1.82, 2.24) is 10.2 Å². The third kappa shape index (κ3) is 1.91. The van der Waals surface area contributed by atoms with Gasteiger partial charge in [0.25, 0.3) is 5.91 Å². The maximum atomic E-state index is 12.4. The largest absolute Gasteiger partial charge is 0.463 e. The quantitative estimate of drug-likeness (QED) is 0.924. The van der Waals surface area contributed by atoms with Gasteiger partial charge in [-0.2, -0.15) is 0 Å². The van der Waals surface area contributed by atoms with Gasteiger partial charge in [0.1, 0.15) is 11.8 Å². The number of rotatable bonds is 2. The number of nitrogens with zero attached hydrogens (tertiary/aromatic N) is 1. The van der Waals surface area contributed by atoms with Gasteiger partial charge in [-0.1, -0.05) is 11.6 Å². The minimum Gasteiger partial charge on any atom is -0.463 e. The zero-order valence-electron chi connectivity index (χ0n) is 10.9. The second kappa shape index (κ2) is 4.50. The van der Waals surface area contributed by atoms with E-state index in [4.69, 9.17) is 16.0 Å². The fourth-order valence-corrected chi connectivity index (χ4v) is 3.53. The number of benzene rings is 1. The Bertz CT molecular complexity index is 682. The zero-order valence-corrected chi connectivity index (χ0v) is 11.7. The molecule has 2 bridgehead atoms. The molecule has 0 saturated carbocycles. The van der Waals surface area contributed by atoms with E-state index in [9.17, 15) is 4.79 Å². The van der Waals surface area contributed by atoms with Crippen molar-refractivity contribution >= 4 is 28.5 Å². The summed E-state index contributed by atoms with van der Waals surface area (Å²) >= 11 is 6.04. The molecule has 0 radical (unpaired) electrons. The second-order valence-corrected chi connectivity index (χ2v) is 6.09. The molecule has 1 amide bonds. The summed E-state index contributed by atoms with van der Waals surface area (Å²) in [6.45, 7) is 3.27. The van der Waals surface area contributed by atoms with Gasteiger partial charge < -0.3 is 14.6 Å². The molecule has 5 heteroatoms. The smallest absolute Gasteiger partial charge is 0.251 e. The van der Waals surface area contributed by atoms with E-state index in [0.29, 0.717) is 22.1 Å². The third-order valence-corrected chi connectivity index (χ3v) is 4.73. The molecule has 2 aliphatic heterocycles. The van der Waals surface area contributed by atoms with E-state index in [2.05, 4.69) is 10.2 Å². The van der Waals surface area contributed by atoms with E-state index < -0.39 is 0 Å². The Kier molecular flexibility index (Phi) is 2.75. The molecule has 1 aromatic heterocycles. The number of hydrogen-bond donors (Lipinski definition) is 1. The fraction of sp³-hybridized carbons (Fsp3) is 0.400. The van der Waals surface area contributed by atoms with Gasteiger partial charge in [0.15, 0.2) is 0 Å². The predicted octanol–water partition coefficient (Wildman–Crippen LogP) is 2.52. The first-order valence-corrected chi connectivity index (χ1v) is 7.28. The molecule has 3 unspecified atom stereocenters. The Balaban J connectivity index is 1.56. The number of fused-ring (bicyclic) bond motifs is 3. The Morgan fingerprint density at radius 3 is 3.05 bits per heavy atom. The van der Waals surface area contributed by atoms with Crippen molar-refractivity contribution in [2.45, 2.75) is 12.5 Å². The zero-order chi connectivity index (χ0) is 13.7. The Morgan fingerprint density at radius 1 is 1.40 bits per heavy atom. The van der Waals surface area contributed by atoms with Gasteiger partial charge in [-0.3, -0.25) is 4.79 Å². The van der Waals surface area contributed by atoms with Gasteiger partial charge >= 0.3 is 0 Å². The molecule has 2 fully saturated rings. The Hall–Kier alpha value is -1.52. The third-order valence-electron chi connectivity index (χ3n) is 4.44. The van der Waals surface area contributed by atoms with Crippen molar-refractivity contribution in [1.29, 1.82) is 0 Å². The van der Waals surface area contributed by atoms with Crippen LogP contribution in [0.5, 0.6) is 0 Å². The SMILES string of the molecule is O=C(NC1CN2CCC1C2)c1ccc2occ(Cl)c2c1. The van der Waals surface area contributed by atoms with Crippen molar-refractivity contribution in [2.24, 2.45) is 5.92 Å². The summed E-state index contributed by atoms with van der Waals surface area (Å²) in [4.78, 5) is 14.8. The van der Waals surface area contributed by atoms with Crippen LogP contribution in [0.4, 0.5) is 0 Å². The average Bonchev–Trinajstić information content (AvgIpc) is 3.15. The number of amides is 1. The molecule has 4 nitrogen and oxygen atoms in total. The predicted molar refractivity (Wildman–Crippen MR) is 77.0 cm³/mol. The van der Waals surface area contributed by atoms with Crippen LogP contribution >= 0.6 is 11.6 Å². The van der Waals surface area contributed by atoms with Gasteiger partial charge in [-0.15, -0.1) is 0 Å². The second-order valence-electron chi connectivity index (χ2n) is 5.68. The van der Waals surface area contributed by atoms with Crippen molar-refractivity contribution < 1.29 is 9.21 Å². The number of nitrogens with one attached hydrogen (secondary N) is 1. The number of halogens is 1. The van der Waals surface area contributed by atoms with Crippen LogP contribution in [0.1, 0.15) is 16.8 Å². The lowest BCUT2D eigenvalue weighted by atomic mass is 9.99. The van der Waals surface area contributed by atoms with Crippen molar-refractivity contribution in [3.63, 3.8) is 0 Å². The maximum absolute atomic E-state index is 12.4. The molecule has 1 aromatic carbocycles. The summed E-state index contributed by atoms with van der Waals surface area (Å²) in [5.74, 6) is 0.586. The lowest BCUT2D eigenvalue weighted by Crippen LogP contribution is -2.43. The van der Waals surface area contributed by atoms with E-state index in [0.717, 1.165) is 18.5 Å².